The summed E-state index contributed by atoms with van der Waals surface area (Å²) in [5.41, 5.74) is -0.380. The fourth-order valence-electron chi connectivity index (χ4n) is 0.856. The summed E-state index contributed by atoms with van der Waals surface area (Å²) in [6.45, 7) is 4.18. The molecule has 0 heterocycles. The number of hydrogen-bond acceptors (Lipinski definition) is 2. The second-order valence-corrected chi connectivity index (χ2v) is 2.97. The van der Waals surface area contributed by atoms with Crippen LogP contribution in [0.2, 0.25) is 0 Å². The minimum Gasteiger partial charge on any atom is -0.478 e. The van der Waals surface area contributed by atoms with E-state index in [2.05, 4.69) is 20.3 Å². The van der Waals surface area contributed by atoms with Crippen molar-refractivity contribution >= 4 is 11.9 Å². The minimum atomic E-state index is -1.23. The Balaban J connectivity index is 0. The van der Waals surface area contributed by atoms with Gasteiger partial charge in [0.05, 0.1) is 11.1 Å². The van der Waals surface area contributed by atoms with Crippen molar-refractivity contribution in [3.8, 4) is 0 Å². The first-order valence-electron chi connectivity index (χ1n) is 4.88. The van der Waals surface area contributed by atoms with E-state index in [1.54, 1.807) is 0 Å². The predicted molar refractivity (Wildman–Crippen MR) is 60.6 cm³/mol. The fraction of sp³-hybridized carbons (Fsp3) is 0.250. The molecule has 1 aromatic rings. The maximum atomic E-state index is 10.5. The van der Waals surface area contributed by atoms with E-state index in [1.807, 2.05) is 0 Å². The molecule has 0 radical (unpaired) electrons. The first kappa shape index (κ1) is 18.5. The third-order valence-corrected chi connectivity index (χ3v) is 1.80. The van der Waals surface area contributed by atoms with E-state index in [4.69, 9.17) is 10.2 Å². The number of carbonyl (C=O) groups is 2. The second-order valence-electron chi connectivity index (χ2n) is 2.97. The van der Waals surface area contributed by atoms with Crippen molar-refractivity contribution in [3.05, 3.63) is 41.8 Å². The summed E-state index contributed by atoms with van der Waals surface area (Å²) in [7, 11) is 0. The normalized spacial score (nSPS) is 8.35. The Bertz CT molecular complexity index is 328. The summed E-state index contributed by atoms with van der Waals surface area (Å²) >= 11 is 0. The van der Waals surface area contributed by atoms with Gasteiger partial charge in [-0.05, 0) is 12.1 Å². The van der Waals surface area contributed by atoms with Crippen LogP contribution in [-0.2, 0) is 0 Å². The molecule has 1 aromatic carbocycles. The van der Waals surface area contributed by atoms with Gasteiger partial charge in [-0.15, -0.1) is 0 Å². The zero-order chi connectivity index (χ0) is 12.6. The number of hydrogen-bond donors (Lipinski definition) is 2. The van der Waals surface area contributed by atoms with Crippen molar-refractivity contribution in [3.63, 3.8) is 0 Å². The average Bonchev–Trinajstić information content (AvgIpc) is 2.29. The number of carboxylic acid groups (broad SMARTS) is 2. The Kier molecular flexibility index (Phi) is 11.2. The van der Waals surface area contributed by atoms with Gasteiger partial charge >= 0.3 is 41.5 Å². The van der Waals surface area contributed by atoms with Crippen molar-refractivity contribution in [1.29, 1.82) is 0 Å². The Morgan fingerprint density at radius 1 is 1.12 bits per heavy atom. The molecule has 17 heavy (non-hydrogen) atoms. The van der Waals surface area contributed by atoms with Crippen molar-refractivity contribution < 1.29 is 49.4 Å². The molecule has 0 amide bonds. The standard InChI is InChI=1S/C8H6O4.C4H9.Na/c9-7(10)5-3-1-2-4-6(5)8(11)12;1-3-4-2;/h1-4H,(H,9,10)(H,11,12);3H,4H2,1-2H3;/q;-1;+1. The monoisotopic (exact) mass is 246 g/mol. The summed E-state index contributed by atoms with van der Waals surface area (Å²) in [6.07, 6.45) is 3.32. The number of carboxylic acids is 2. The molecule has 0 saturated heterocycles. The molecule has 0 aliphatic carbocycles. The second kappa shape index (κ2) is 10.3. The molecule has 0 bridgehead atoms. The fourth-order valence-corrected chi connectivity index (χ4v) is 0.856. The molecular weight excluding hydrogens is 231 g/mol. The van der Waals surface area contributed by atoms with Gasteiger partial charge in [-0.1, -0.05) is 19.1 Å². The summed E-state index contributed by atoms with van der Waals surface area (Å²) in [5, 5.41) is 17.1. The molecule has 0 aromatic heterocycles. The van der Waals surface area contributed by atoms with Crippen LogP contribution in [0.3, 0.4) is 0 Å². The van der Waals surface area contributed by atoms with Crippen LogP contribution in [0.15, 0.2) is 24.3 Å². The SMILES string of the molecule is C[CH-]CC.O=C(O)c1ccccc1C(=O)O.[Na+]. The third kappa shape index (κ3) is 7.15. The Morgan fingerprint density at radius 3 is 1.59 bits per heavy atom. The zero-order valence-corrected chi connectivity index (χ0v) is 12.3. The largest absolute Gasteiger partial charge is 1.00 e. The van der Waals surface area contributed by atoms with Crippen molar-refractivity contribution in [2.45, 2.75) is 20.3 Å². The quantitative estimate of drug-likeness (QED) is 0.567. The Hall–Kier alpha value is -0.840. The van der Waals surface area contributed by atoms with E-state index in [9.17, 15) is 9.59 Å². The zero-order valence-electron chi connectivity index (χ0n) is 10.3. The molecule has 88 valence electrons. The smallest absolute Gasteiger partial charge is 0.478 e. The third-order valence-electron chi connectivity index (χ3n) is 1.80. The van der Waals surface area contributed by atoms with Gasteiger partial charge in [-0.2, -0.15) is 13.3 Å². The molecule has 0 saturated carbocycles. The summed E-state index contributed by atoms with van der Waals surface area (Å²) < 4.78 is 0. The molecule has 0 atom stereocenters. The van der Waals surface area contributed by atoms with E-state index in [0.717, 1.165) is 0 Å². The van der Waals surface area contributed by atoms with E-state index in [0.29, 0.717) is 0 Å². The molecule has 2 N–H and O–H groups in total. The number of rotatable bonds is 3. The molecule has 0 unspecified atom stereocenters. The predicted octanol–water partition coefficient (Wildman–Crippen LogP) is -0.292. The molecule has 4 nitrogen and oxygen atoms in total. The molecule has 0 aliphatic rings. The van der Waals surface area contributed by atoms with Gasteiger partial charge in [0.2, 0.25) is 0 Å². The van der Waals surface area contributed by atoms with E-state index >= 15 is 0 Å². The molecule has 5 heteroatoms. The number of unbranched alkanes of at least 4 members (excludes halogenated alkanes) is 1. The van der Waals surface area contributed by atoms with Crippen molar-refractivity contribution in [2.24, 2.45) is 0 Å². The van der Waals surface area contributed by atoms with Gasteiger partial charge in [0.1, 0.15) is 0 Å². The van der Waals surface area contributed by atoms with Crippen LogP contribution >= 0.6 is 0 Å². The van der Waals surface area contributed by atoms with Crippen LogP contribution in [0.25, 0.3) is 0 Å². The van der Waals surface area contributed by atoms with Crippen LogP contribution in [0.1, 0.15) is 41.0 Å². The average molecular weight is 246 g/mol. The molecule has 0 fully saturated rings. The van der Waals surface area contributed by atoms with Crippen LogP contribution in [-0.4, -0.2) is 22.2 Å². The van der Waals surface area contributed by atoms with Crippen LogP contribution < -0.4 is 29.6 Å². The molecule has 1 rings (SSSR count). The topological polar surface area (TPSA) is 74.6 Å². The van der Waals surface area contributed by atoms with Gasteiger partial charge in [0.15, 0.2) is 0 Å². The molecule has 0 spiro atoms. The summed E-state index contributed by atoms with van der Waals surface area (Å²) in [5.74, 6) is -2.46. The maximum Gasteiger partial charge on any atom is 1.00 e. The first-order chi connectivity index (χ1) is 7.54. The molecular formula is C12H15NaO4. The first-order valence-corrected chi connectivity index (χ1v) is 4.88. The molecule has 0 aliphatic heterocycles. The van der Waals surface area contributed by atoms with Crippen LogP contribution in [0.4, 0.5) is 0 Å². The van der Waals surface area contributed by atoms with Crippen LogP contribution in [0.5, 0.6) is 0 Å². The van der Waals surface area contributed by atoms with E-state index in [1.165, 1.54) is 30.7 Å². The van der Waals surface area contributed by atoms with Crippen molar-refractivity contribution in [2.75, 3.05) is 0 Å². The van der Waals surface area contributed by atoms with Gasteiger partial charge in [0, 0.05) is 0 Å². The Labute approximate surface area is 123 Å². The van der Waals surface area contributed by atoms with Gasteiger partial charge in [-0.25, -0.2) is 9.59 Å². The van der Waals surface area contributed by atoms with Gasteiger partial charge < -0.3 is 16.6 Å². The number of benzene rings is 1. The van der Waals surface area contributed by atoms with Crippen molar-refractivity contribution in [1.82, 2.24) is 0 Å². The van der Waals surface area contributed by atoms with E-state index < -0.39 is 11.9 Å². The van der Waals surface area contributed by atoms with E-state index in [-0.39, 0.29) is 40.7 Å². The Morgan fingerprint density at radius 2 is 1.41 bits per heavy atom. The van der Waals surface area contributed by atoms with Crippen LogP contribution in [0, 0.1) is 6.42 Å². The van der Waals surface area contributed by atoms with Gasteiger partial charge in [0.25, 0.3) is 0 Å². The summed E-state index contributed by atoms with van der Waals surface area (Å²) in [6, 6.07) is 5.48. The minimum absolute atomic E-state index is 0. The summed E-state index contributed by atoms with van der Waals surface area (Å²) in [4.78, 5) is 20.9. The van der Waals surface area contributed by atoms with Gasteiger partial charge in [-0.3, -0.25) is 0 Å². The number of aromatic carboxylic acids is 2. The maximum absolute atomic E-state index is 10.5.